The molecule has 3 atom stereocenters. The van der Waals surface area contributed by atoms with Crippen LogP contribution >= 0.6 is 0 Å². The van der Waals surface area contributed by atoms with Gasteiger partial charge in [-0.05, 0) is 32.1 Å². The lowest BCUT2D eigenvalue weighted by molar-refractivity contribution is -0.158. The molecule has 3 unspecified atom stereocenters. The summed E-state index contributed by atoms with van der Waals surface area (Å²) >= 11 is 0. The Hall–Kier alpha value is -0.830. The van der Waals surface area contributed by atoms with E-state index in [9.17, 15) is 5.11 Å². The van der Waals surface area contributed by atoms with Gasteiger partial charge >= 0.3 is 0 Å². The van der Waals surface area contributed by atoms with Crippen LogP contribution in [0.2, 0.25) is 0 Å². The average molecular weight is 248 g/mol. The Kier molecular flexibility index (Phi) is 2.30. The summed E-state index contributed by atoms with van der Waals surface area (Å²) in [6.45, 7) is 9.66. The van der Waals surface area contributed by atoms with Gasteiger partial charge in [-0.3, -0.25) is 0 Å². The Balaban J connectivity index is 2.19. The van der Waals surface area contributed by atoms with E-state index in [1.54, 1.807) is 0 Å². The van der Waals surface area contributed by atoms with Crippen LogP contribution in [0.1, 0.15) is 52.8 Å². The van der Waals surface area contributed by atoms with Gasteiger partial charge in [0.25, 0.3) is 0 Å². The number of aromatic nitrogens is 2. The maximum Gasteiger partial charge on any atom is 0.141 e. The van der Waals surface area contributed by atoms with E-state index in [0.29, 0.717) is 5.92 Å². The summed E-state index contributed by atoms with van der Waals surface area (Å²) in [5.41, 5.74) is -0.889. The fraction of sp³-hybridized carbons (Fsp3) is 0.800. The molecule has 0 spiro atoms. The van der Waals surface area contributed by atoms with Gasteiger partial charge in [0.05, 0.1) is 0 Å². The summed E-state index contributed by atoms with van der Waals surface area (Å²) in [6.07, 6.45) is 7.31. The van der Waals surface area contributed by atoms with Crippen molar-refractivity contribution in [2.45, 2.75) is 59.1 Å². The van der Waals surface area contributed by atoms with Crippen LogP contribution in [0.5, 0.6) is 0 Å². The highest BCUT2D eigenvalue weighted by Crippen LogP contribution is 2.71. The molecule has 18 heavy (non-hydrogen) atoms. The second-order valence-corrected chi connectivity index (χ2v) is 6.97. The Morgan fingerprint density at radius 3 is 2.72 bits per heavy atom. The van der Waals surface area contributed by atoms with Crippen LogP contribution in [0.15, 0.2) is 12.4 Å². The first-order valence-corrected chi connectivity index (χ1v) is 7.11. The van der Waals surface area contributed by atoms with Gasteiger partial charge in [-0.2, -0.15) is 0 Å². The number of hydrogen-bond donors (Lipinski definition) is 1. The van der Waals surface area contributed by atoms with Gasteiger partial charge in [0.15, 0.2) is 0 Å². The van der Waals surface area contributed by atoms with Crippen LogP contribution < -0.4 is 0 Å². The second kappa shape index (κ2) is 3.38. The minimum Gasteiger partial charge on any atom is -0.381 e. The molecule has 2 saturated carbocycles. The van der Waals surface area contributed by atoms with E-state index in [1.807, 2.05) is 12.4 Å². The van der Waals surface area contributed by atoms with Gasteiger partial charge in [0.2, 0.25) is 0 Å². The summed E-state index contributed by atoms with van der Waals surface area (Å²) in [4.78, 5) is 4.51. The van der Waals surface area contributed by atoms with Crippen molar-refractivity contribution in [1.82, 2.24) is 9.55 Å². The molecule has 0 aromatic carbocycles. The third-order valence-corrected chi connectivity index (χ3v) is 5.95. The number of rotatable bonds is 2. The smallest absolute Gasteiger partial charge is 0.141 e. The quantitative estimate of drug-likeness (QED) is 0.874. The molecule has 2 fully saturated rings. The first-order chi connectivity index (χ1) is 8.37. The van der Waals surface area contributed by atoms with Crippen LogP contribution in [-0.4, -0.2) is 14.7 Å². The molecule has 1 aromatic rings. The number of imidazole rings is 1. The van der Waals surface area contributed by atoms with Crippen LogP contribution in [-0.2, 0) is 12.1 Å². The van der Waals surface area contributed by atoms with E-state index in [1.165, 1.54) is 6.42 Å². The van der Waals surface area contributed by atoms with E-state index in [0.717, 1.165) is 25.2 Å². The molecule has 2 aliphatic rings. The Morgan fingerprint density at radius 1 is 1.44 bits per heavy atom. The van der Waals surface area contributed by atoms with Crippen molar-refractivity contribution in [3.63, 3.8) is 0 Å². The molecular formula is C15H24N2O. The zero-order valence-corrected chi connectivity index (χ0v) is 11.9. The molecule has 0 saturated heterocycles. The number of fused-ring (bicyclic) bond motifs is 2. The monoisotopic (exact) mass is 248 g/mol. The molecule has 3 heteroatoms. The highest BCUT2D eigenvalue weighted by Gasteiger charge is 2.70. The third-order valence-electron chi connectivity index (χ3n) is 5.95. The van der Waals surface area contributed by atoms with E-state index in [4.69, 9.17) is 0 Å². The fourth-order valence-corrected chi connectivity index (χ4v) is 4.70. The molecular weight excluding hydrogens is 224 g/mol. The van der Waals surface area contributed by atoms with Gasteiger partial charge in [0.1, 0.15) is 11.4 Å². The molecule has 0 amide bonds. The van der Waals surface area contributed by atoms with Gasteiger partial charge in [-0.25, -0.2) is 4.98 Å². The summed E-state index contributed by atoms with van der Waals surface area (Å²) in [7, 11) is 0. The number of nitrogens with zero attached hydrogens (tertiary/aromatic N) is 2. The first kappa shape index (κ1) is 12.2. The first-order valence-electron chi connectivity index (χ1n) is 7.11. The van der Waals surface area contributed by atoms with E-state index in [-0.39, 0.29) is 10.8 Å². The van der Waals surface area contributed by atoms with Crippen molar-refractivity contribution >= 4 is 0 Å². The molecule has 0 aliphatic heterocycles. The van der Waals surface area contributed by atoms with Gasteiger partial charge in [-0.15, -0.1) is 0 Å². The lowest BCUT2D eigenvalue weighted by Gasteiger charge is -2.50. The van der Waals surface area contributed by atoms with Crippen molar-refractivity contribution in [2.75, 3.05) is 0 Å². The molecule has 2 aliphatic carbocycles. The van der Waals surface area contributed by atoms with E-state index in [2.05, 4.69) is 37.2 Å². The average Bonchev–Trinajstić information content (AvgIpc) is 2.96. The van der Waals surface area contributed by atoms with Crippen molar-refractivity contribution < 1.29 is 5.11 Å². The topological polar surface area (TPSA) is 38.0 Å². The molecule has 1 N–H and O–H groups in total. The Morgan fingerprint density at radius 2 is 2.17 bits per heavy atom. The fourth-order valence-electron chi connectivity index (χ4n) is 4.70. The molecule has 0 radical (unpaired) electrons. The van der Waals surface area contributed by atoms with Crippen molar-refractivity contribution in [1.29, 1.82) is 0 Å². The highest BCUT2D eigenvalue weighted by molar-refractivity contribution is 5.25. The Labute approximate surface area is 109 Å². The summed E-state index contributed by atoms with van der Waals surface area (Å²) < 4.78 is 2.10. The second-order valence-electron chi connectivity index (χ2n) is 6.97. The number of aryl methyl sites for hydroxylation is 1. The van der Waals surface area contributed by atoms with Crippen LogP contribution in [0, 0.1) is 16.7 Å². The predicted octanol–water partition coefficient (Wildman–Crippen LogP) is 2.94. The summed E-state index contributed by atoms with van der Waals surface area (Å²) in [5.74, 6) is 1.49. The highest BCUT2D eigenvalue weighted by atomic mass is 16.3. The minimum atomic E-state index is -0.789. The number of hydrogen-bond acceptors (Lipinski definition) is 2. The van der Waals surface area contributed by atoms with Crippen LogP contribution in [0.3, 0.4) is 0 Å². The number of aliphatic hydroxyl groups is 1. The SMILES string of the molecule is CCn1ccnc1C1(O)C2(C)CCC(C2)C1(C)C. The van der Waals surface area contributed by atoms with Gasteiger partial charge in [-0.1, -0.05) is 20.8 Å². The molecule has 1 heterocycles. The Bertz CT molecular complexity index is 472. The normalized spacial score (nSPS) is 41.5. The van der Waals surface area contributed by atoms with Crippen molar-refractivity contribution in [3.05, 3.63) is 18.2 Å². The summed E-state index contributed by atoms with van der Waals surface area (Å²) in [6, 6.07) is 0. The molecule has 2 bridgehead atoms. The zero-order chi connectivity index (χ0) is 13.2. The maximum absolute atomic E-state index is 11.6. The van der Waals surface area contributed by atoms with Crippen LogP contribution in [0.4, 0.5) is 0 Å². The lowest BCUT2D eigenvalue weighted by Crippen LogP contribution is -2.52. The largest absolute Gasteiger partial charge is 0.381 e. The zero-order valence-electron chi connectivity index (χ0n) is 11.9. The molecule has 1 aromatic heterocycles. The van der Waals surface area contributed by atoms with E-state index >= 15 is 0 Å². The van der Waals surface area contributed by atoms with Crippen molar-refractivity contribution in [2.24, 2.45) is 16.7 Å². The van der Waals surface area contributed by atoms with E-state index < -0.39 is 5.60 Å². The maximum atomic E-state index is 11.6. The standard InChI is InChI=1S/C15H24N2O/c1-5-17-9-8-16-12(17)15(18)13(2,3)11-6-7-14(15,4)10-11/h8-9,11,18H,5-7,10H2,1-4H3. The van der Waals surface area contributed by atoms with Crippen molar-refractivity contribution in [3.8, 4) is 0 Å². The molecule has 3 nitrogen and oxygen atoms in total. The van der Waals surface area contributed by atoms with Crippen LogP contribution in [0.25, 0.3) is 0 Å². The van der Waals surface area contributed by atoms with Gasteiger partial charge in [0, 0.05) is 29.8 Å². The summed E-state index contributed by atoms with van der Waals surface area (Å²) in [5, 5.41) is 11.6. The molecule has 100 valence electrons. The lowest BCUT2D eigenvalue weighted by atomic mass is 9.60. The third kappa shape index (κ3) is 1.12. The minimum absolute atomic E-state index is 0.0144. The van der Waals surface area contributed by atoms with Gasteiger partial charge < -0.3 is 9.67 Å². The molecule has 3 rings (SSSR count). The predicted molar refractivity (Wildman–Crippen MR) is 71.0 cm³/mol.